The first-order valence-electron chi connectivity index (χ1n) is 5.54. The molecule has 0 amide bonds. The van der Waals surface area contributed by atoms with Crippen LogP contribution in [0.2, 0.25) is 5.02 Å². The summed E-state index contributed by atoms with van der Waals surface area (Å²) < 4.78 is 24.2. The predicted octanol–water partition coefficient (Wildman–Crippen LogP) is 0.176. The van der Waals surface area contributed by atoms with Crippen LogP contribution in [0.3, 0.4) is 0 Å². The van der Waals surface area contributed by atoms with Crippen LogP contribution < -0.4 is 4.83 Å². The van der Waals surface area contributed by atoms with E-state index in [4.69, 9.17) is 11.6 Å². The van der Waals surface area contributed by atoms with Gasteiger partial charge < -0.3 is 4.90 Å². The minimum Gasteiger partial charge on any atom is -0.304 e. The van der Waals surface area contributed by atoms with Gasteiger partial charge in [-0.2, -0.15) is 0 Å². The number of likely N-dealkylation sites (N-methyl/N-ethyl adjacent to an activating group) is 1. The molecule has 2 heterocycles. The fourth-order valence-electron chi connectivity index (χ4n) is 1.68. The van der Waals surface area contributed by atoms with Gasteiger partial charge in [-0.15, -0.1) is 4.83 Å². The van der Waals surface area contributed by atoms with Gasteiger partial charge in [-0.3, -0.25) is 4.98 Å². The molecule has 1 aromatic heterocycles. The van der Waals surface area contributed by atoms with Crippen molar-refractivity contribution in [3.63, 3.8) is 0 Å². The maximum absolute atomic E-state index is 12.1. The van der Waals surface area contributed by atoms with Crippen LogP contribution in [0.25, 0.3) is 0 Å². The first-order valence-corrected chi connectivity index (χ1v) is 7.40. The molecule has 0 unspecified atom stereocenters. The highest BCUT2D eigenvalue weighted by molar-refractivity contribution is 7.89. The maximum atomic E-state index is 12.1. The molecule has 18 heavy (non-hydrogen) atoms. The van der Waals surface area contributed by atoms with Gasteiger partial charge in [0, 0.05) is 38.6 Å². The number of pyridine rings is 1. The second-order valence-corrected chi connectivity index (χ2v) is 6.23. The monoisotopic (exact) mass is 290 g/mol. The van der Waals surface area contributed by atoms with Gasteiger partial charge >= 0.3 is 0 Å². The number of piperazine rings is 1. The summed E-state index contributed by atoms with van der Waals surface area (Å²) in [7, 11) is -1.64. The Morgan fingerprint density at radius 1 is 1.33 bits per heavy atom. The van der Waals surface area contributed by atoms with Crippen LogP contribution >= 0.6 is 11.6 Å². The minimum absolute atomic E-state index is 0.00518. The number of nitrogens with zero attached hydrogens (tertiary/aromatic N) is 3. The molecule has 8 heteroatoms. The van der Waals surface area contributed by atoms with Gasteiger partial charge in [0.05, 0.1) is 5.02 Å². The standard InChI is InChI=1S/C10H15ClN4O2S/c1-14-4-6-15(7-5-14)13-18(16,17)10-8-12-3-2-9(10)11/h2-3,8,13H,4-7H2,1H3. The van der Waals surface area contributed by atoms with E-state index in [-0.39, 0.29) is 9.92 Å². The third kappa shape index (κ3) is 3.18. The lowest BCUT2D eigenvalue weighted by molar-refractivity contribution is 0.135. The minimum atomic E-state index is -3.65. The van der Waals surface area contributed by atoms with E-state index >= 15 is 0 Å². The van der Waals surface area contributed by atoms with Gasteiger partial charge in [0.1, 0.15) is 4.90 Å². The third-order valence-electron chi connectivity index (χ3n) is 2.78. The normalized spacial score (nSPS) is 19.0. The highest BCUT2D eigenvalue weighted by atomic mass is 35.5. The lowest BCUT2D eigenvalue weighted by Gasteiger charge is -2.32. The Labute approximate surface area is 112 Å². The van der Waals surface area contributed by atoms with Crippen molar-refractivity contribution in [2.24, 2.45) is 0 Å². The summed E-state index contributed by atoms with van der Waals surface area (Å²) >= 11 is 5.86. The molecular weight excluding hydrogens is 276 g/mol. The summed E-state index contributed by atoms with van der Waals surface area (Å²) in [5.74, 6) is 0. The smallest absolute Gasteiger partial charge is 0.256 e. The summed E-state index contributed by atoms with van der Waals surface area (Å²) in [6.45, 7) is 2.94. The molecule has 1 fully saturated rings. The molecule has 0 atom stereocenters. The first kappa shape index (κ1) is 13.7. The molecule has 6 nitrogen and oxygen atoms in total. The molecule has 0 bridgehead atoms. The van der Waals surface area contributed by atoms with Crippen LogP contribution in [0.4, 0.5) is 0 Å². The Morgan fingerprint density at radius 3 is 2.61 bits per heavy atom. The van der Waals surface area contributed by atoms with Crippen LogP contribution in [0.1, 0.15) is 0 Å². The summed E-state index contributed by atoms with van der Waals surface area (Å²) in [6, 6.07) is 1.46. The van der Waals surface area contributed by atoms with Crippen molar-refractivity contribution in [2.45, 2.75) is 4.90 Å². The van der Waals surface area contributed by atoms with Crippen LogP contribution in [-0.2, 0) is 10.0 Å². The van der Waals surface area contributed by atoms with Gasteiger partial charge in [0.2, 0.25) is 0 Å². The van der Waals surface area contributed by atoms with Gasteiger partial charge in [0.15, 0.2) is 0 Å². The molecule has 1 aliphatic rings. The zero-order valence-electron chi connectivity index (χ0n) is 10.0. The summed E-state index contributed by atoms with van der Waals surface area (Å²) in [4.78, 5) is 8.46. The molecule has 0 aliphatic carbocycles. The van der Waals surface area contributed by atoms with E-state index in [1.807, 2.05) is 7.05 Å². The maximum Gasteiger partial charge on any atom is 0.256 e. The first-order chi connectivity index (χ1) is 8.49. The average molecular weight is 291 g/mol. The third-order valence-corrected chi connectivity index (χ3v) is 4.62. The SMILES string of the molecule is CN1CCN(NS(=O)(=O)c2cnccc2Cl)CC1. The van der Waals surface area contributed by atoms with E-state index in [2.05, 4.69) is 14.7 Å². The number of halogens is 1. The molecule has 1 aromatic rings. The lowest BCUT2D eigenvalue weighted by Crippen LogP contribution is -2.52. The highest BCUT2D eigenvalue weighted by Crippen LogP contribution is 2.19. The molecular formula is C10H15ClN4O2S. The number of aromatic nitrogens is 1. The summed E-state index contributed by atoms with van der Waals surface area (Å²) in [5, 5.41) is 1.85. The largest absolute Gasteiger partial charge is 0.304 e. The second-order valence-electron chi connectivity index (χ2n) is 4.19. The van der Waals surface area contributed by atoms with Crippen LogP contribution in [-0.4, -0.2) is 56.5 Å². The molecule has 100 valence electrons. The van der Waals surface area contributed by atoms with Gasteiger partial charge in [0.25, 0.3) is 10.0 Å². The van der Waals surface area contributed by atoms with Crippen LogP contribution in [0.15, 0.2) is 23.4 Å². The van der Waals surface area contributed by atoms with Gasteiger partial charge in [-0.1, -0.05) is 11.6 Å². The number of hydrazine groups is 1. The number of sulfonamides is 1. The van der Waals surface area contributed by atoms with Crippen molar-refractivity contribution in [1.82, 2.24) is 19.7 Å². The van der Waals surface area contributed by atoms with E-state index in [1.54, 1.807) is 5.01 Å². The topological polar surface area (TPSA) is 65.5 Å². The summed E-state index contributed by atoms with van der Waals surface area (Å²) in [5.41, 5.74) is 0. The number of hydrogen-bond acceptors (Lipinski definition) is 5. The molecule has 1 N–H and O–H groups in total. The van der Waals surface area contributed by atoms with E-state index in [1.165, 1.54) is 18.5 Å². The molecule has 1 aliphatic heterocycles. The van der Waals surface area contributed by atoms with Crippen molar-refractivity contribution in [3.05, 3.63) is 23.5 Å². The summed E-state index contributed by atoms with van der Waals surface area (Å²) in [6.07, 6.45) is 2.71. The van der Waals surface area contributed by atoms with Crippen molar-refractivity contribution in [1.29, 1.82) is 0 Å². The molecule has 0 radical (unpaired) electrons. The molecule has 1 saturated heterocycles. The Bertz CT molecular complexity index is 514. The highest BCUT2D eigenvalue weighted by Gasteiger charge is 2.23. The van der Waals surface area contributed by atoms with E-state index in [0.717, 1.165) is 13.1 Å². The average Bonchev–Trinajstić information content (AvgIpc) is 2.32. The van der Waals surface area contributed by atoms with Crippen molar-refractivity contribution in [3.8, 4) is 0 Å². The Hall–Kier alpha value is -0.730. The Morgan fingerprint density at radius 2 is 2.00 bits per heavy atom. The van der Waals surface area contributed by atoms with Crippen LogP contribution in [0, 0.1) is 0 Å². The Kier molecular flexibility index (Phi) is 4.18. The number of nitrogens with one attached hydrogen (secondary N) is 1. The van der Waals surface area contributed by atoms with Crippen molar-refractivity contribution >= 4 is 21.6 Å². The zero-order chi connectivity index (χ0) is 13.2. The van der Waals surface area contributed by atoms with E-state index < -0.39 is 10.0 Å². The fourth-order valence-corrected chi connectivity index (χ4v) is 3.23. The second kappa shape index (κ2) is 5.50. The van der Waals surface area contributed by atoms with E-state index in [9.17, 15) is 8.42 Å². The lowest BCUT2D eigenvalue weighted by atomic mass is 10.4. The quantitative estimate of drug-likeness (QED) is 0.860. The predicted molar refractivity (Wildman–Crippen MR) is 68.6 cm³/mol. The number of hydrogen-bond donors (Lipinski definition) is 1. The van der Waals surface area contributed by atoms with E-state index in [0.29, 0.717) is 13.1 Å². The van der Waals surface area contributed by atoms with Gasteiger partial charge in [-0.05, 0) is 13.1 Å². The number of rotatable bonds is 3. The Balaban J connectivity index is 2.11. The molecule has 0 aromatic carbocycles. The van der Waals surface area contributed by atoms with Crippen molar-refractivity contribution < 1.29 is 8.42 Å². The molecule has 0 spiro atoms. The van der Waals surface area contributed by atoms with Gasteiger partial charge in [-0.25, -0.2) is 13.4 Å². The van der Waals surface area contributed by atoms with Crippen LogP contribution in [0.5, 0.6) is 0 Å². The fraction of sp³-hybridized carbons (Fsp3) is 0.500. The van der Waals surface area contributed by atoms with Crippen molar-refractivity contribution in [2.75, 3.05) is 33.2 Å². The zero-order valence-corrected chi connectivity index (χ0v) is 11.6. The molecule has 2 rings (SSSR count). The molecule has 0 saturated carbocycles.